The number of methoxy groups -OCH3 is 2. The van der Waals surface area contributed by atoms with Gasteiger partial charge in [0.1, 0.15) is 46.4 Å². The standard InChI is InChI=1S/C26H25F2N5O2.C15H18N4O2.C11H8ClF2N/c1-15-16(2)31-23-10-18(27)9-21(28)25(23)26(15)32-22-11-24(33-4-6-35-7-5-33)30-14-20(22)17-8-19(34-3)13-29-12-17;1-20-12-6-11(8-17-9-12)13-10-18-15(7-14(13)16)19-2-4-21-5-3-19;1-5-6(2)15-9-4-7(13)3-8(14)10(9)11(5)12/h8-14H,4-7H2,1-3H3,(H,30,31,32);6-10H,2-5H2,1H3,(H2,16,18);3-4H,1-2H3. The zero-order valence-electron chi connectivity index (χ0n) is 39.9. The molecule has 0 amide bonds. The molecule has 0 unspecified atom stereocenters. The van der Waals surface area contributed by atoms with Gasteiger partial charge in [0.2, 0.25) is 0 Å². The summed E-state index contributed by atoms with van der Waals surface area (Å²) in [5.41, 5.74) is 14.7. The minimum Gasteiger partial charge on any atom is -0.495 e. The van der Waals surface area contributed by atoms with Crippen LogP contribution >= 0.6 is 11.6 Å². The Morgan fingerprint density at radius 3 is 1.61 bits per heavy atom. The summed E-state index contributed by atoms with van der Waals surface area (Å²) in [4.78, 5) is 30.5. The number of benzene rings is 2. The van der Waals surface area contributed by atoms with Crippen molar-refractivity contribution in [1.29, 1.82) is 0 Å². The van der Waals surface area contributed by atoms with Gasteiger partial charge in [-0.15, -0.1) is 0 Å². The molecule has 2 fully saturated rings. The predicted octanol–water partition coefficient (Wildman–Crippen LogP) is 10.5. The number of morpholine rings is 2. The lowest BCUT2D eigenvalue weighted by molar-refractivity contribution is 0.122. The summed E-state index contributed by atoms with van der Waals surface area (Å²) < 4.78 is 76.8. The first-order valence-corrected chi connectivity index (χ1v) is 22.9. The second-order valence-corrected chi connectivity index (χ2v) is 17.0. The molecule has 71 heavy (non-hydrogen) atoms. The van der Waals surface area contributed by atoms with Gasteiger partial charge in [-0.05, 0) is 51.0 Å². The van der Waals surface area contributed by atoms with Crippen molar-refractivity contribution in [1.82, 2.24) is 29.9 Å². The largest absolute Gasteiger partial charge is 0.495 e. The molecular formula is C52H51ClF4N10O4. The van der Waals surface area contributed by atoms with Crippen LogP contribution in [0.5, 0.6) is 11.5 Å². The number of aromatic nitrogens is 6. The number of halogens is 5. The Balaban J connectivity index is 0.000000159. The summed E-state index contributed by atoms with van der Waals surface area (Å²) in [6, 6.07) is 11.7. The molecule has 8 aromatic rings. The number of nitrogen functional groups attached to an aromatic ring is 1. The van der Waals surface area contributed by atoms with E-state index in [0.717, 1.165) is 96.5 Å². The molecule has 10 rings (SSSR count). The van der Waals surface area contributed by atoms with Crippen LogP contribution in [0.15, 0.2) is 85.7 Å². The van der Waals surface area contributed by atoms with E-state index >= 15 is 4.39 Å². The molecule has 0 radical (unpaired) electrons. The van der Waals surface area contributed by atoms with Crippen LogP contribution in [0.4, 0.5) is 46.3 Å². The van der Waals surface area contributed by atoms with E-state index in [1.165, 1.54) is 12.1 Å². The number of aryl methyl sites for hydroxylation is 2. The summed E-state index contributed by atoms with van der Waals surface area (Å²) in [5, 5.41) is 4.14. The fraction of sp³-hybridized carbons (Fsp3) is 0.269. The number of nitrogens with zero attached hydrogens (tertiary/aromatic N) is 8. The average Bonchev–Trinajstić information content (AvgIpc) is 3.37. The number of pyridine rings is 6. The van der Waals surface area contributed by atoms with Crippen molar-refractivity contribution in [2.75, 3.05) is 87.7 Å². The minimum atomic E-state index is -0.676. The first kappa shape index (κ1) is 50.0. The monoisotopic (exact) mass is 990 g/mol. The molecule has 3 N–H and O–H groups in total. The van der Waals surface area contributed by atoms with Crippen molar-refractivity contribution in [3.05, 3.63) is 137 Å². The number of fused-ring (bicyclic) bond motifs is 2. The van der Waals surface area contributed by atoms with Gasteiger partial charge in [0, 0.05) is 127 Å². The van der Waals surface area contributed by atoms with Crippen molar-refractivity contribution in [2.45, 2.75) is 27.7 Å². The minimum absolute atomic E-state index is 0.182. The van der Waals surface area contributed by atoms with Crippen LogP contribution in [-0.4, -0.2) is 96.7 Å². The zero-order valence-corrected chi connectivity index (χ0v) is 40.7. The molecular weight excluding hydrogens is 940 g/mol. The van der Waals surface area contributed by atoms with Gasteiger partial charge in [0.15, 0.2) is 0 Å². The van der Waals surface area contributed by atoms with Gasteiger partial charge in [-0.1, -0.05) is 11.6 Å². The molecule has 2 aliphatic rings. The molecule has 368 valence electrons. The van der Waals surface area contributed by atoms with Crippen molar-refractivity contribution in [2.24, 2.45) is 0 Å². The SMILES string of the molecule is COc1cncc(-c2cnc(N3CCOCC3)cc2N)c1.COc1cncc(-c2cnc(N3CCOCC3)cc2Nc2c(C)c(C)nc3cc(F)cc(F)c23)c1.Cc1nc2cc(F)cc(F)c2c(Cl)c1C. The van der Waals surface area contributed by atoms with Crippen LogP contribution in [-0.2, 0) is 9.47 Å². The Morgan fingerprint density at radius 2 is 1.07 bits per heavy atom. The molecule has 0 atom stereocenters. The van der Waals surface area contributed by atoms with Crippen LogP contribution in [0, 0.1) is 51.0 Å². The molecule has 0 bridgehead atoms. The van der Waals surface area contributed by atoms with Crippen LogP contribution in [0.3, 0.4) is 0 Å². The Morgan fingerprint density at radius 1 is 0.592 bits per heavy atom. The fourth-order valence-electron chi connectivity index (χ4n) is 8.06. The summed E-state index contributed by atoms with van der Waals surface area (Å²) in [5.74, 6) is 0.295. The Labute approximate surface area is 412 Å². The zero-order chi connectivity index (χ0) is 50.3. The third-order valence-electron chi connectivity index (χ3n) is 12.2. The highest BCUT2D eigenvalue weighted by Crippen LogP contribution is 2.39. The van der Waals surface area contributed by atoms with E-state index in [1.54, 1.807) is 65.2 Å². The maximum Gasteiger partial charge on any atom is 0.137 e. The number of hydrogen-bond donors (Lipinski definition) is 2. The van der Waals surface area contributed by atoms with Gasteiger partial charge < -0.3 is 39.8 Å². The second kappa shape index (κ2) is 22.1. The highest BCUT2D eigenvalue weighted by Gasteiger charge is 2.21. The lowest BCUT2D eigenvalue weighted by Gasteiger charge is -2.28. The number of ether oxygens (including phenoxy) is 4. The summed E-state index contributed by atoms with van der Waals surface area (Å²) in [6.07, 6.45) is 10.3. The second-order valence-electron chi connectivity index (χ2n) is 16.7. The average molecular weight is 991 g/mol. The number of rotatable bonds is 8. The number of anilines is 5. The van der Waals surface area contributed by atoms with Crippen molar-refractivity contribution in [3.8, 4) is 33.8 Å². The lowest BCUT2D eigenvalue weighted by atomic mass is 10.0. The molecule has 8 heterocycles. The van der Waals surface area contributed by atoms with Gasteiger partial charge in [-0.3, -0.25) is 19.9 Å². The van der Waals surface area contributed by atoms with E-state index in [9.17, 15) is 13.2 Å². The molecule has 0 saturated carbocycles. The van der Waals surface area contributed by atoms with Crippen molar-refractivity contribution < 1.29 is 36.5 Å². The molecule has 0 spiro atoms. The van der Waals surface area contributed by atoms with Gasteiger partial charge in [0.25, 0.3) is 0 Å². The maximum absolute atomic E-state index is 15.0. The Hall–Kier alpha value is -7.41. The normalized spacial score (nSPS) is 13.6. The Bertz CT molecular complexity index is 3230. The van der Waals surface area contributed by atoms with E-state index in [4.69, 9.17) is 41.3 Å². The van der Waals surface area contributed by atoms with Crippen molar-refractivity contribution in [3.63, 3.8) is 0 Å². The quantitative estimate of drug-likeness (QED) is 0.139. The molecule has 2 saturated heterocycles. The highest BCUT2D eigenvalue weighted by molar-refractivity contribution is 6.36. The molecule has 14 nitrogen and oxygen atoms in total. The summed E-state index contributed by atoms with van der Waals surface area (Å²) in [6.45, 7) is 13.0. The highest BCUT2D eigenvalue weighted by atomic mass is 35.5. The van der Waals surface area contributed by atoms with Gasteiger partial charge in [-0.2, -0.15) is 0 Å². The maximum atomic E-state index is 15.0. The molecule has 2 aliphatic heterocycles. The third-order valence-corrected chi connectivity index (χ3v) is 12.6. The lowest BCUT2D eigenvalue weighted by Crippen LogP contribution is -2.36. The van der Waals surface area contributed by atoms with Crippen LogP contribution in [0.1, 0.15) is 22.5 Å². The first-order chi connectivity index (χ1) is 34.2. The van der Waals surface area contributed by atoms with Crippen molar-refractivity contribution >= 4 is 62.1 Å². The van der Waals surface area contributed by atoms with E-state index in [-0.39, 0.29) is 21.8 Å². The fourth-order valence-corrected chi connectivity index (χ4v) is 8.38. The summed E-state index contributed by atoms with van der Waals surface area (Å²) >= 11 is 5.99. The molecule has 6 aromatic heterocycles. The number of hydrogen-bond acceptors (Lipinski definition) is 14. The van der Waals surface area contributed by atoms with Crippen LogP contribution in [0.2, 0.25) is 5.02 Å². The van der Waals surface area contributed by atoms with Crippen LogP contribution in [0.25, 0.3) is 44.1 Å². The molecule has 2 aromatic carbocycles. The number of nitrogens with two attached hydrogens (primary N) is 1. The Kier molecular flexibility index (Phi) is 15.6. The predicted molar refractivity (Wildman–Crippen MR) is 269 cm³/mol. The van der Waals surface area contributed by atoms with Crippen LogP contribution < -0.4 is 30.3 Å². The topological polar surface area (TPSA) is 159 Å². The van der Waals surface area contributed by atoms with Gasteiger partial charge in [-0.25, -0.2) is 27.5 Å². The molecule has 0 aliphatic carbocycles. The third kappa shape index (κ3) is 11.3. The van der Waals surface area contributed by atoms with E-state index in [1.807, 2.05) is 38.1 Å². The first-order valence-electron chi connectivity index (χ1n) is 22.6. The smallest absolute Gasteiger partial charge is 0.137 e. The van der Waals surface area contributed by atoms with E-state index < -0.39 is 23.3 Å². The van der Waals surface area contributed by atoms with Gasteiger partial charge in [0.05, 0.1) is 91.2 Å². The molecule has 19 heteroatoms. The number of nitrogens with one attached hydrogen (secondary N) is 1. The summed E-state index contributed by atoms with van der Waals surface area (Å²) in [7, 11) is 3.20. The van der Waals surface area contributed by atoms with E-state index in [0.29, 0.717) is 58.2 Å². The van der Waals surface area contributed by atoms with Gasteiger partial charge >= 0.3 is 0 Å². The van der Waals surface area contributed by atoms with E-state index in [2.05, 4.69) is 40.0 Å².